The number of aryl methyl sites for hydroxylation is 1. The molecule has 0 aliphatic carbocycles. The fourth-order valence-corrected chi connectivity index (χ4v) is 3.32. The highest BCUT2D eigenvalue weighted by atomic mass is 19.4. The maximum atomic E-state index is 13.1. The van der Waals surface area contributed by atoms with Gasteiger partial charge in [-0.05, 0) is 49.4 Å². The zero-order chi connectivity index (χ0) is 26.3. The number of amides is 1. The molecule has 0 radical (unpaired) electrons. The number of nitrogens with one attached hydrogen (secondary N) is 1. The molecule has 1 amide bonds. The Labute approximate surface area is 203 Å². The number of anilines is 1. The standard InChI is InChI=1S/C25H22F3N5O3/c1-14-12-19(34)20(31-33(14)18-7-5-6-16(13-18)25(26,27)28)22(35)29-17-10-8-15(9-11-17)21-30-23(36-32-21)24(2,3)4/h5-13H,1-4H3,(H,29,35). The summed E-state index contributed by atoms with van der Waals surface area (Å²) >= 11 is 0. The van der Waals surface area contributed by atoms with Crippen molar-refractivity contribution in [3.63, 3.8) is 0 Å². The SMILES string of the molecule is Cc1cc(=O)c(C(=O)Nc2ccc(-c3noc(C(C)(C)C)n3)cc2)nn1-c1cccc(C(F)(F)F)c1. The second-order valence-electron chi connectivity index (χ2n) is 9.16. The van der Waals surface area contributed by atoms with Gasteiger partial charge in [0, 0.05) is 28.4 Å². The molecule has 0 aliphatic rings. The number of rotatable bonds is 4. The summed E-state index contributed by atoms with van der Waals surface area (Å²) in [4.78, 5) is 29.7. The van der Waals surface area contributed by atoms with Gasteiger partial charge in [-0.15, -0.1) is 0 Å². The summed E-state index contributed by atoms with van der Waals surface area (Å²) in [5.74, 6) is 0.0717. The zero-order valence-electron chi connectivity index (χ0n) is 19.8. The fourth-order valence-electron chi connectivity index (χ4n) is 3.32. The first kappa shape index (κ1) is 24.8. The van der Waals surface area contributed by atoms with E-state index < -0.39 is 28.8 Å². The van der Waals surface area contributed by atoms with Crippen molar-refractivity contribution in [2.75, 3.05) is 5.32 Å². The number of benzene rings is 2. The molecule has 1 N–H and O–H groups in total. The van der Waals surface area contributed by atoms with Crippen LogP contribution in [0.4, 0.5) is 18.9 Å². The van der Waals surface area contributed by atoms with Crippen LogP contribution < -0.4 is 10.7 Å². The van der Waals surface area contributed by atoms with E-state index in [2.05, 4.69) is 20.6 Å². The summed E-state index contributed by atoms with van der Waals surface area (Å²) in [6.07, 6.45) is -4.55. The fraction of sp³-hybridized carbons (Fsp3) is 0.240. The molecule has 0 fully saturated rings. The second-order valence-corrected chi connectivity index (χ2v) is 9.16. The van der Waals surface area contributed by atoms with Crippen LogP contribution in [-0.4, -0.2) is 25.8 Å². The van der Waals surface area contributed by atoms with Crippen molar-refractivity contribution in [2.24, 2.45) is 0 Å². The first-order chi connectivity index (χ1) is 16.8. The number of nitrogens with zero attached hydrogens (tertiary/aromatic N) is 4. The van der Waals surface area contributed by atoms with Gasteiger partial charge in [0.1, 0.15) is 0 Å². The summed E-state index contributed by atoms with van der Waals surface area (Å²) in [5.41, 5.74) is -0.932. The smallest absolute Gasteiger partial charge is 0.338 e. The maximum Gasteiger partial charge on any atom is 0.416 e. The van der Waals surface area contributed by atoms with E-state index in [0.717, 1.165) is 22.9 Å². The van der Waals surface area contributed by atoms with Crippen molar-refractivity contribution in [3.8, 4) is 17.1 Å². The molecule has 36 heavy (non-hydrogen) atoms. The lowest BCUT2D eigenvalue weighted by atomic mass is 9.97. The van der Waals surface area contributed by atoms with Gasteiger partial charge in [0.05, 0.1) is 11.3 Å². The van der Waals surface area contributed by atoms with E-state index >= 15 is 0 Å². The van der Waals surface area contributed by atoms with E-state index in [1.54, 1.807) is 24.3 Å². The number of carbonyl (C=O) groups is 1. The molecule has 0 saturated heterocycles. The highest BCUT2D eigenvalue weighted by molar-refractivity contribution is 6.02. The Hall–Kier alpha value is -4.28. The third kappa shape index (κ3) is 5.19. The molecule has 186 valence electrons. The average Bonchev–Trinajstić information content (AvgIpc) is 3.30. The largest absolute Gasteiger partial charge is 0.416 e. The Balaban J connectivity index is 1.58. The van der Waals surface area contributed by atoms with Gasteiger partial charge < -0.3 is 9.84 Å². The van der Waals surface area contributed by atoms with E-state index in [4.69, 9.17) is 4.52 Å². The lowest BCUT2D eigenvalue weighted by Gasteiger charge is -2.13. The lowest BCUT2D eigenvalue weighted by Crippen LogP contribution is -2.27. The summed E-state index contributed by atoms with van der Waals surface area (Å²) in [7, 11) is 0. The predicted octanol–water partition coefficient (Wildman–Crippen LogP) is 5.16. The first-order valence-corrected chi connectivity index (χ1v) is 10.9. The summed E-state index contributed by atoms with van der Waals surface area (Å²) in [6, 6.07) is 12.2. The molecular weight excluding hydrogens is 475 g/mol. The Morgan fingerprint density at radius 1 is 1.03 bits per heavy atom. The molecule has 0 saturated carbocycles. The van der Waals surface area contributed by atoms with Gasteiger partial charge in [0.25, 0.3) is 5.91 Å². The Morgan fingerprint density at radius 2 is 1.72 bits per heavy atom. The summed E-state index contributed by atoms with van der Waals surface area (Å²) in [5, 5.41) is 10.6. The van der Waals surface area contributed by atoms with Gasteiger partial charge in [-0.2, -0.15) is 23.3 Å². The highest BCUT2D eigenvalue weighted by Gasteiger charge is 2.30. The van der Waals surface area contributed by atoms with Crippen LogP contribution in [-0.2, 0) is 11.6 Å². The van der Waals surface area contributed by atoms with Crippen molar-refractivity contribution in [2.45, 2.75) is 39.3 Å². The van der Waals surface area contributed by atoms with Gasteiger partial charge in [-0.1, -0.05) is 32.0 Å². The quantitative estimate of drug-likeness (QED) is 0.418. The molecule has 0 aliphatic heterocycles. The van der Waals surface area contributed by atoms with E-state index in [1.807, 2.05) is 20.8 Å². The third-order valence-electron chi connectivity index (χ3n) is 5.21. The molecule has 4 aromatic rings. The Morgan fingerprint density at radius 3 is 2.33 bits per heavy atom. The van der Waals surface area contributed by atoms with Crippen LogP contribution in [0.15, 0.2) is 63.9 Å². The van der Waals surface area contributed by atoms with Gasteiger partial charge in [-0.25, -0.2) is 4.68 Å². The minimum absolute atomic E-state index is 0.0652. The van der Waals surface area contributed by atoms with Crippen LogP contribution in [0.25, 0.3) is 17.1 Å². The molecule has 4 rings (SSSR count). The van der Waals surface area contributed by atoms with Crippen LogP contribution in [0.1, 0.15) is 48.4 Å². The average molecular weight is 497 g/mol. The molecule has 2 aromatic heterocycles. The maximum absolute atomic E-state index is 13.1. The lowest BCUT2D eigenvalue weighted by molar-refractivity contribution is -0.137. The van der Waals surface area contributed by atoms with Crippen LogP contribution in [0.2, 0.25) is 0 Å². The number of halogens is 3. The monoisotopic (exact) mass is 497 g/mol. The molecule has 8 nitrogen and oxygen atoms in total. The third-order valence-corrected chi connectivity index (χ3v) is 5.21. The van der Waals surface area contributed by atoms with Gasteiger partial charge >= 0.3 is 6.18 Å². The van der Waals surface area contributed by atoms with Crippen molar-refractivity contribution in [1.82, 2.24) is 19.9 Å². The summed E-state index contributed by atoms with van der Waals surface area (Å²) in [6.45, 7) is 7.35. The zero-order valence-corrected chi connectivity index (χ0v) is 19.8. The Bertz CT molecular complexity index is 1480. The number of alkyl halides is 3. The van der Waals surface area contributed by atoms with Gasteiger partial charge in [0.15, 0.2) is 5.69 Å². The van der Waals surface area contributed by atoms with Gasteiger partial charge in [-0.3, -0.25) is 9.59 Å². The van der Waals surface area contributed by atoms with E-state index in [1.165, 1.54) is 19.1 Å². The normalized spacial score (nSPS) is 12.0. The van der Waals surface area contributed by atoms with Crippen LogP contribution >= 0.6 is 0 Å². The molecule has 11 heteroatoms. The molecule has 2 aromatic carbocycles. The van der Waals surface area contributed by atoms with Crippen molar-refractivity contribution < 1.29 is 22.5 Å². The Kier molecular flexibility index (Phi) is 6.25. The molecule has 0 unspecified atom stereocenters. The van der Waals surface area contributed by atoms with E-state index in [0.29, 0.717) is 23.0 Å². The number of carbonyl (C=O) groups excluding carboxylic acids is 1. The van der Waals surface area contributed by atoms with Crippen molar-refractivity contribution in [3.05, 3.63) is 87.7 Å². The van der Waals surface area contributed by atoms with Crippen LogP contribution in [0, 0.1) is 6.92 Å². The van der Waals surface area contributed by atoms with E-state index in [-0.39, 0.29) is 16.8 Å². The molecule has 0 spiro atoms. The molecular formula is C25H22F3N5O3. The summed E-state index contributed by atoms with van der Waals surface area (Å²) < 4.78 is 45.8. The first-order valence-electron chi connectivity index (χ1n) is 10.9. The predicted molar refractivity (Wildman–Crippen MR) is 126 cm³/mol. The van der Waals surface area contributed by atoms with Crippen LogP contribution in [0.3, 0.4) is 0 Å². The number of aromatic nitrogens is 4. The van der Waals surface area contributed by atoms with Crippen LogP contribution in [0.5, 0.6) is 0 Å². The number of hydrogen-bond donors (Lipinski definition) is 1. The van der Waals surface area contributed by atoms with Gasteiger partial charge in [0.2, 0.25) is 17.1 Å². The molecule has 0 bridgehead atoms. The number of hydrogen-bond acceptors (Lipinski definition) is 6. The second kappa shape index (κ2) is 9.06. The minimum Gasteiger partial charge on any atom is -0.338 e. The minimum atomic E-state index is -4.55. The topological polar surface area (TPSA) is 103 Å². The molecule has 0 atom stereocenters. The van der Waals surface area contributed by atoms with Crippen molar-refractivity contribution >= 4 is 11.6 Å². The highest BCUT2D eigenvalue weighted by Crippen LogP contribution is 2.30. The van der Waals surface area contributed by atoms with E-state index in [9.17, 15) is 22.8 Å². The van der Waals surface area contributed by atoms with Crippen molar-refractivity contribution in [1.29, 1.82) is 0 Å². The molecule has 2 heterocycles.